The van der Waals surface area contributed by atoms with Gasteiger partial charge in [-0.1, -0.05) is 29.3 Å². The van der Waals surface area contributed by atoms with E-state index in [1.165, 1.54) is 18.2 Å². The van der Waals surface area contributed by atoms with Gasteiger partial charge in [-0.15, -0.1) is 0 Å². The molecule has 0 radical (unpaired) electrons. The fraction of sp³-hybridized carbons (Fsp3) is 0.190. The van der Waals surface area contributed by atoms with Crippen molar-refractivity contribution in [3.63, 3.8) is 0 Å². The van der Waals surface area contributed by atoms with Gasteiger partial charge in [-0.3, -0.25) is 9.59 Å². The van der Waals surface area contributed by atoms with E-state index in [0.717, 1.165) is 19.1 Å². The number of nitrogens with one attached hydrogen (secondary N) is 2. The van der Waals surface area contributed by atoms with E-state index >= 15 is 0 Å². The second kappa shape index (κ2) is 10.2. The zero-order valence-electron chi connectivity index (χ0n) is 16.7. The summed E-state index contributed by atoms with van der Waals surface area (Å²) in [6, 6.07) is 8.16. The maximum atomic E-state index is 14.7. The van der Waals surface area contributed by atoms with Crippen LogP contribution in [-0.4, -0.2) is 23.0 Å². The minimum Gasteiger partial charge on any atom is -0.511 e. The van der Waals surface area contributed by atoms with Gasteiger partial charge in [0.25, 0.3) is 11.8 Å². The van der Waals surface area contributed by atoms with Crippen molar-refractivity contribution in [2.45, 2.75) is 26.9 Å². The molecule has 0 unspecified atom stereocenters. The third-order valence-corrected chi connectivity index (χ3v) is 4.46. The van der Waals surface area contributed by atoms with Crippen molar-refractivity contribution >= 4 is 46.4 Å². The zero-order valence-corrected chi connectivity index (χ0v) is 18.2. The van der Waals surface area contributed by atoms with Gasteiger partial charge in [-0.2, -0.15) is 5.26 Å². The highest BCUT2D eigenvalue weighted by Crippen LogP contribution is 2.33. The average Bonchev–Trinajstić information content (AvgIpc) is 2.66. The molecular weight excluding hydrogens is 448 g/mol. The maximum Gasteiger partial charge on any atom is 0.269 e. The number of anilines is 2. The number of nitrogens with zero attached hydrogens (tertiary/aromatic N) is 1. The van der Waals surface area contributed by atoms with Gasteiger partial charge in [0.15, 0.2) is 5.57 Å². The van der Waals surface area contributed by atoms with Crippen LogP contribution in [0.1, 0.15) is 31.1 Å². The lowest BCUT2D eigenvalue weighted by atomic mass is 10.1. The number of aliphatic hydroxyl groups is 1. The Kier molecular flexibility index (Phi) is 7.86. The minimum atomic E-state index is -1.02. The molecule has 10 heteroatoms. The fourth-order valence-corrected chi connectivity index (χ4v) is 2.95. The Labute approximate surface area is 188 Å². The topological polar surface area (TPSA) is 111 Å². The molecule has 0 aromatic heterocycles. The van der Waals surface area contributed by atoms with Gasteiger partial charge < -0.3 is 20.5 Å². The Hall–Kier alpha value is -3.28. The maximum absolute atomic E-state index is 14.7. The number of hydrogen-bond acceptors (Lipinski definition) is 5. The number of ether oxygens (including phenoxy) is 1. The van der Waals surface area contributed by atoms with Crippen molar-refractivity contribution in [2.24, 2.45) is 0 Å². The largest absolute Gasteiger partial charge is 0.511 e. The first-order valence-electron chi connectivity index (χ1n) is 8.92. The van der Waals surface area contributed by atoms with Crippen molar-refractivity contribution in [1.82, 2.24) is 0 Å². The molecule has 3 N–H and O–H groups in total. The molecule has 2 aromatic carbocycles. The molecule has 0 bridgehead atoms. The van der Waals surface area contributed by atoms with Gasteiger partial charge >= 0.3 is 0 Å². The van der Waals surface area contributed by atoms with Crippen LogP contribution in [0.4, 0.5) is 15.8 Å². The van der Waals surface area contributed by atoms with E-state index in [2.05, 4.69) is 10.6 Å². The van der Waals surface area contributed by atoms with Crippen molar-refractivity contribution in [3.05, 3.63) is 63.1 Å². The number of aliphatic hydroxyl groups excluding tert-OH is 1. The minimum absolute atomic E-state index is 0.0319. The van der Waals surface area contributed by atoms with Crippen molar-refractivity contribution in [2.75, 3.05) is 10.6 Å². The molecule has 0 saturated carbocycles. The van der Waals surface area contributed by atoms with E-state index in [9.17, 15) is 19.1 Å². The summed E-state index contributed by atoms with van der Waals surface area (Å²) in [7, 11) is 0. The Morgan fingerprint density at radius 2 is 1.81 bits per heavy atom. The van der Waals surface area contributed by atoms with Gasteiger partial charge in [0.1, 0.15) is 23.4 Å². The first-order chi connectivity index (χ1) is 14.5. The molecular formula is C21H18Cl2FN3O4. The number of carbonyl (C=O) groups is 2. The number of halogens is 3. The molecule has 0 saturated heterocycles. The van der Waals surface area contributed by atoms with E-state index < -0.39 is 35.1 Å². The summed E-state index contributed by atoms with van der Waals surface area (Å²) in [6.45, 7) is 4.54. The lowest BCUT2D eigenvalue weighted by molar-refractivity contribution is -0.112. The summed E-state index contributed by atoms with van der Waals surface area (Å²) in [4.78, 5) is 24.9. The number of amides is 2. The van der Waals surface area contributed by atoms with Crippen molar-refractivity contribution in [3.8, 4) is 11.8 Å². The van der Waals surface area contributed by atoms with Gasteiger partial charge in [-0.25, -0.2) is 4.39 Å². The second-order valence-electron chi connectivity index (χ2n) is 6.57. The number of rotatable bonds is 6. The molecule has 31 heavy (non-hydrogen) atoms. The summed E-state index contributed by atoms with van der Waals surface area (Å²) < 4.78 is 20.3. The normalized spacial score (nSPS) is 11.4. The highest BCUT2D eigenvalue weighted by Gasteiger charge is 2.22. The Balaban J connectivity index is 2.46. The van der Waals surface area contributed by atoms with Crippen LogP contribution in [0.25, 0.3) is 0 Å². The van der Waals surface area contributed by atoms with Gasteiger partial charge in [0.05, 0.1) is 33.1 Å². The lowest BCUT2D eigenvalue weighted by Gasteiger charge is -2.17. The molecule has 2 aromatic rings. The van der Waals surface area contributed by atoms with Crippen LogP contribution in [0.2, 0.25) is 10.0 Å². The summed E-state index contributed by atoms with van der Waals surface area (Å²) in [5.41, 5.74) is -0.955. The van der Waals surface area contributed by atoms with Crippen LogP contribution in [0.5, 0.6) is 5.75 Å². The molecule has 0 atom stereocenters. The number of carbonyl (C=O) groups excluding carboxylic acids is 2. The fourth-order valence-electron chi connectivity index (χ4n) is 2.46. The Bertz CT molecular complexity index is 1090. The predicted molar refractivity (Wildman–Crippen MR) is 116 cm³/mol. The lowest BCUT2D eigenvalue weighted by Crippen LogP contribution is -2.19. The molecule has 7 nitrogen and oxygen atoms in total. The summed E-state index contributed by atoms with van der Waals surface area (Å²) in [5, 5.41) is 23.4. The number of allylic oxidation sites excluding steroid dienone is 1. The SMILES string of the molecule is C/C(O)=C(\C#N)C(=O)Nc1cc(OC(C)C)c(C(=O)Nc2c(Cl)cccc2Cl)cc1F. The number of benzene rings is 2. The number of para-hydroxylation sites is 1. The predicted octanol–water partition coefficient (Wildman–Crippen LogP) is 5.47. The monoisotopic (exact) mass is 465 g/mol. The zero-order chi connectivity index (χ0) is 23.3. The van der Waals surface area contributed by atoms with Crippen molar-refractivity contribution < 1.29 is 23.8 Å². The van der Waals surface area contributed by atoms with Crippen LogP contribution in [0.3, 0.4) is 0 Å². The third-order valence-electron chi connectivity index (χ3n) is 3.83. The van der Waals surface area contributed by atoms with E-state index in [-0.39, 0.29) is 32.7 Å². The van der Waals surface area contributed by atoms with E-state index in [1.54, 1.807) is 19.9 Å². The summed E-state index contributed by atoms with van der Waals surface area (Å²) in [5.74, 6) is -3.28. The van der Waals surface area contributed by atoms with E-state index in [1.807, 2.05) is 0 Å². The Morgan fingerprint density at radius 3 is 2.32 bits per heavy atom. The van der Waals surface area contributed by atoms with Crippen LogP contribution in [0.15, 0.2) is 41.7 Å². The van der Waals surface area contributed by atoms with Crippen LogP contribution in [0, 0.1) is 17.1 Å². The highest BCUT2D eigenvalue weighted by molar-refractivity contribution is 6.40. The van der Waals surface area contributed by atoms with Crippen LogP contribution < -0.4 is 15.4 Å². The molecule has 162 valence electrons. The first kappa shape index (κ1) is 24.0. The van der Waals surface area contributed by atoms with Gasteiger partial charge in [0.2, 0.25) is 0 Å². The van der Waals surface area contributed by atoms with Crippen molar-refractivity contribution in [1.29, 1.82) is 5.26 Å². The molecule has 2 rings (SSSR count). The number of hydrogen-bond donors (Lipinski definition) is 3. The Morgan fingerprint density at radius 1 is 1.19 bits per heavy atom. The van der Waals surface area contributed by atoms with Gasteiger partial charge in [0, 0.05) is 6.07 Å². The molecule has 0 spiro atoms. The smallest absolute Gasteiger partial charge is 0.269 e. The first-order valence-corrected chi connectivity index (χ1v) is 9.67. The number of nitriles is 1. The second-order valence-corrected chi connectivity index (χ2v) is 7.39. The molecule has 0 aliphatic heterocycles. The molecule has 0 heterocycles. The standard InChI is InChI=1S/C21H18Cl2FN3O4/c1-10(2)31-18-8-17(26-21(30)13(9-25)11(3)28)16(24)7-12(18)20(29)27-19-14(22)5-4-6-15(19)23/h4-8,10,28H,1-3H3,(H,26,30)(H,27,29)/b13-11-. The molecule has 2 amide bonds. The third kappa shape index (κ3) is 5.87. The van der Waals surface area contributed by atoms with Crippen LogP contribution in [-0.2, 0) is 4.79 Å². The molecule has 0 fully saturated rings. The summed E-state index contributed by atoms with van der Waals surface area (Å²) in [6.07, 6.45) is -0.390. The van der Waals surface area contributed by atoms with Crippen LogP contribution >= 0.6 is 23.2 Å². The summed E-state index contributed by atoms with van der Waals surface area (Å²) >= 11 is 12.1. The quantitative estimate of drug-likeness (QED) is 0.297. The average molecular weight is 466 g/mol. The molecule has 0 aliphatic rings. The molecule has 0 aliphatic carbocycles. The van der Waals surface area contributed by atoms with E-state index in [4.69, 9.17) is 33.2 Å². The highest BCUT2D eigenvalue weighted by atomic mass is 35.5. The van der Waals surface area contributed by atoms with E-state index in [0.29, 0.717) is 0 Å². The van der Waals surface area contributed by atoms with Gasteiger partial charge in [-0.05, 0) is 39.0 Å².